The highest BCUT2D eigenvalue weighted by Crippen LogP contribution is 2.26. The van der Waals surface area contributed by atoms with Gasteiger partial charge in [0.15, 0.2) is 0 Å². The van der Waals surface area contributed by atoms with Crippen LogP contribution in [0.1, 0.15) is 6.92 Å². The molecule has 2 aromatic carbocycles. The number of benzene rings is 2. The highest BCUT2D eigenvalue weighted by Gasteiger charge is 2.22. The lowest BCUT2D eigenvalue weighted by atomic mass is 10.3. The number of tetrazole rings is 1. The number of amides is 1. The van der Waals surface area contributed by atoms with Gasteiger partial charge in [-0.3, -0.25) is 4.79 Å². The quantitative estimate of drug-likeness (QED) is 0.708. The molecule has 1 N–H and O–H groups in total. The van der Waals surface area contributed by atoms with Gasteiger partial charge in [-0.25, -0.2) is 0 Å². The van der Waals surface area contributed by atoms with Gasteiger partial charge in [-0.15, -0.1) is 5.10 Å². The van der Waals surface area contributed by atoms with Gasteiger partial charge in [-0.1, -0.05) is 30.0 Å². The molecule has 0 aliphatic heterocycles. The minimum atomic E-state index is -0.368. The van der Waals surface area contributed by atoms with Crippen LogP contribution in [0.25, 0.3) is 5.69 Å². The van der Waals surface area contributed by atoms with Crippen molar-refractivity contribution in [3.63, 3.8) is 0 Å². The van der Waals surface area contributed by atoms with E-state index in [9.17, 15) is 9.90 Å². The van der Waals surface area contributed by atoms with Gasteiger partial charge >= 0.3 is 0 Å². The van der Waals surface area contributed by atoms with Crippen molar-refractivity contribution in [1.82, 2.24) is 20.2 Å². The van der Waals surface area contributed by atoms with Crippen molar-refractivity contribution in [1.29, 1.82) is 0 Å². The van der Waals surface area contributed by atoms with Crippen LogP contribution in [0.4, 0.5) is 5.69 Å². The number of nitrogens with zero attached hydrogens (tertiary/aromatic N) is 5. The molecule has 0 aliphatic carbocycles. The van der Waals surface area contributed by atoms with E-state index in [1.54, 1.807) is 36.2 Å². The van der Waals surface area contributed by atoms with Crippen molar-refractivity contribution >= 4 is 23.4 Å². The Balaban J connectivity index is 1.75. The Labute approximate surface area is 149 Å². The molecule has 0 saturated heterocycles. The molecule has 0 fully saturated rings. The molecule has 1 atom stereocenters. The van der Waals surface area contributed by atoms with Gasteiger partial charge in [0, 0.05) is 12.7 Å². The lowest BCUT2D eigenvalue weighted by Crippen LogP contribution is -2.33. The second-order valence-corrected chi connectivity index (χ2v) is 6.69. The zero-order valence-electron chi connectivity index (χ0n) is 13.8. The van der Waals surface area contributed by atoms with Gasteiger partial charge in [0.1, 0.15) is 5.75 Å². The maximum Gasteiger partial charge on any atom is 0.240 e. The van der Waals surface area contributed by atoms with Gasteiger partial charge in [-0.05, 0) is 53.7 Å². The summed E-state index contributed by atoms with van der Waals surface area (Å²) in [5.41, 5.74) is 1.54. The van der Waals surface area contributed by atoms with Gasteiger partial charge in [0.05, 0.1) is 10.9 Å². The maximum absolute atomic E-state index is 12.7. The molecule has 0 aliphatic rings. The first-order chi connectivity index (χ1) is 12.1. The third kappa shape index (κ3) is 3.80. The highest BCUT2D eigenvalue weighted by molar-refractivity contribution is 8.00. The van der Waals surface area contributed by atoms with Crippen LogP contribution in [0.2, 0.25) is 0 Å². The average Bonchev–Trinajstić information content (AvgIpc) is 3.10. The number of phenolic OH excluding ortho intramolecular Hbond substituents is 1. The summed E-state index contributed by atoms with van der Waals surface area (Å²) < 4.78 is 1.54. The van der Waals surface area contributed by atoms with Gasteiger partial charge in [-0.2, -0.15) is 4.68 Å². The summed E-state index contributed by atoms with van der Waals surface area (Å²) in [5, 5.41) is 21.2. The lowest BCUT2D eigenvalue weighted by Gasteiger charge is -2.20. The normalized spacial score (nSPS) is 11.9. The SMILES string of the molecule is CC(Sc1nnnn1-c1ccc(O)cc1)C(=O)N(C)c1ccccc1. The van der Waals surface area contributed by atoms with E-state index in [0.29, 0.717) is 10.8 Å². The molecule has 128 valence electrons. The van der Waals surface area contributed by atoms with Crippen LogP contribution in [-0.4, -0.2) is 43.5 Å². The Morgan fingerprint density at radius 1 is 1.16 bits per heavy atom. The summed E-state index contributed by atoms with van der Waals surface area (Å²) in [6, 6.07) is 16.0. The Bertz CT molecular complexity index is 851. The van der Waals surface area contributed by atoms with Crippen LogP contribution in [0.3, 0.4) is 0 Å². The standard InChI is InChI=1S/C17H17N5O2S/c1-12(16(24)21(2)13-6-4-3-5-7-13)25-17-18-19-20-22(17)14-8-10-15(23)11-9-14/h3-12,23H,1-2H3. The molecule has 8 heteroatoms. The second kappa shape index (κ2) is 7.35. The van der Waals surface area contributed by atoms with Crippen molar-refractivity contribution in [2.24, 2.45) is 0 Å². The Hall–Kier alpha value is -2.87. The fourth-order valence-electron chi connectivity index (χ4n) is 2.27. The molecule has 0 radical (unpaired) electrons. The number of aromatic hydroxyl groups is 1. The van der Waals surface area contributed by atoms with Crippen LogP contribution in [0.15, 0.2) is 59.8 Å². The summed E-state index contributed by atoms with van der Waals surface area (Å²) in [6.45, 7) is 1.82. The molecular formula is C17H17N5O2S. The Morgan fingerprint density at radius 3 is 2.52 bits per heavy atom. The molecule has 7 nitrogen and oxygen atoms in total. The largest absolute Gasteiger partial charge is 0.508 e. The number of phenols is 1. The molecule has 0 bridgehead atoms. The number of anilines is 1. The number of carbonyl (C=O) groups excluding carboxylic acids is 1. The third-order valence-corrected chi connectivity index (χ3v) is 4.66. The van der Waals surface area contributed by atoms with E-state index >= 15 is 0 Å². The van der Waals surface area contributed by atoms with Crippen LogP contribution in [-0.2, 0) is 4.79 Å². The zero-order chi connectivity index (χ0) is 17.8. The lowest BCUT2D eigenvalue weighted by molar-refractivity contribution is -0.117. The number of aromatic nitrogens is 4. The fraction of sp³-hybridized carbons (Fsp3) is 0.176. The first kappa shape index (κ1) is 17.0. The summed E-state index contributed by atoms with van der Waals surface area (Å²) >= 11 is 1.28. The van der Waals surface area contributed by atoms with Crippen LogP contribution in [0, 0.1) is 0 Å². The first-order valence-corrected chi connectivity index (χ1v) is 8.51. The minimum Gasteiger partial charge on any atom is -0.508 e. The van der Waals surface area contributed by atoms with Gasteiger partial charge < -0.3 is 10.0 Å². The first-order valence-electron chi connectivity index (χ1n) is 7.63. The van der Waals surface area contributed by atoms with Crippen LogP contribution < -0.4 is 4.90 Å². The smallest absolute Gasteiger partial charge is 0.240 e. The van der Waals surface area contributed by atoms with Gasteiger partial charge in [0.25, 0.3) is 0 Å². The third-order valence-electron chi connectivity index (χ3n) is 3.64. The highest BCUT2D eigenvalue weighted by atomic mass is 32.2. The topological polar surface area (TPSA) is 84.1 Å². The maximum atomic E-state index is 12.7. The van der Waals surface area contributed by atoms with Crippen molar-refractivity contribution in [3.05, 3.63) is 54.6 Å². The summed E-state index contributed by atoms with van der Waals surface area (Å²) in [4.78, 5) is 14.3. The summed E-state index contributed by atoms with van der Waals surface area (Å²) in [7, 11) is 1.75. The molecule has 1 aromatic heterocycles. The minimum absolute atomic E-state index is 0.0449. The number of carbonyl (C=O) groups is 1. The van der Waals surface area contributed by atoms with Crippen molar-refractivity contribution in [3.8, 4) is 11.4 Å². The number of hydrogen-bond acceptors (Lipinski definition) is 6. The van der Waals surface area contributed by atoms with Crippen molar-refractivity contribution in [2.75, 3.05) is 11.9 Å². The number of rotatable bonds is 5. The van der Waals surface area contributed by atoms with Crippen molar-refractivity contribution < 1.29 is 9.90 Å². The predicted molar refractivity (Wildman–Crippen MR) is 96.0 cm³/mol. The van der Waals surface area contributed by atoms with E-state index in [1.807, 2.05) is 37.3 Å². The van der Waals surface area contributed by atoms with Crippen molar-refractivity contribution in [2.45, 2.75) is 17.3 Å². The molecule has 1 heterocycles. The zero-order valence-corrected chi connectivity index (χ0v) is 14.6. The van der Waals surface area contributed by atoms with Gasteiger partial charge in [0.2, 0.25) is 11.1 Å². The molecular weight excluding hydrogens is 338 g/mol. The molecule has 1 amide bonds. The van der Waals surface area contributed by atoms with E-state index in [2.05, 4.69) is 15.5 Å². The Morgan fingerprint density at radius 2 is 1.84 bits per heavy atom. The molecule has 0 spiro atoms. The number of para-hydroxylation sites is 1. The summed E-state index contributed by atoms with van der Waals surface area (Å²) in [5.74, 6) is 0.121. The molecule has 3 rings (SSSR count). The monoisotopic (exact) mass is 355 g/mol. The van der Waals surface area contributed by atoms with E-state index in [1.165, 1.54) is 16.4 Å². The second-order valence-electron chi connectivity index (χ2n) is 5.38. The van der Waals surface area contributed by atoms with E-state index in [4.69, 9.17) is 0 Å². The van der Waals surface area contributed by atoms with E-state index in [-0.39, 0.29) is 16.9 Å². The number of hydrogen-bond donors (Lipinski definition) is 1. The molecule has 0 saturated carbocycles. The van der Waals surface area contributed by atoms with Crippen LogP contribution >= 0.6 is 11.8 Å². The van der Waals surface area contributed by atoms with Crippen LogP contribution in [0.5, 0.6) is 5.75 Å². The van der Waals surface area contributed by atoms with E-state index in [0.717, 1.165) is 5.69 Å². The molecule has 3 aromatic rings. The molecule has 25 heavy (non-hydrogen) atoms. The number of thioether (sulfide) groups is 1. The molecule has 1 unspecified atom stereocenters. The fourth-order valence-corrected chi connectivity index (χ4v) is 3.17. The summed E-state index contributed by atoms with van der Waals surface area (Å²) in [6.07, 6.45) is 0. The predicted octanol–water partition coefficient (Wildman–Crippen LogP) is 2.51. The average molecular weight is 355 g/mol. The van der Waals surface area contributed by atoms with E-state index < -0.39 is 0 Å². The Kier molecular flexibility index (Phi) is 4.99.